The second-order valence-corrected chi connectivity index (χ2v) is 6.44. The van der Waals surface area contributed by atoms with Crippen molar-refractivity contribution >= 4 is 28.1 Å². The molecule has 1 saturated heterocycles. The molecule has 0 aromatic carbocycles. The van der Waals surface area contributed by atoms with Gasteiger partial charge in [0.15, 0.2) is 5.82 Å². The molecule has 0 bridgehead atoms. The third kappa shape index (κ3) is 3.88. The molecule has 1 atom stereocenters. The fourth-order valence-electron chi connectivity index (χ4n) is 2.81. The summed E-state index contributed by atoms with van der Waals surface area (Å²) in [6.45, 7) is 1.88. The number of nitrogens with one attached hydrogen (secondary N) is 2. The van der Waals surface area contributed by atoms with Crippen LogP contribution in [0.5, 0.6) is 0 Å². The van der Waals surface area contributed by atoms with E-state index in [-0.39, 0.29) is 12.5 Å². The van der Waals surface area contributed by atoms with Gasteiger partial charge in [0.05, 0.1) is 12.1 Å². The monoisotopic (exact) mass is 342 g/mol. The zero-order valence-electron chi connectivity index (χ0n) is 13.1. The standard InChI is InChI=1S/C16H18N6OS/c17-9-12-5-8-24-16(12)20-15(23)11-18-10-13-3-2-7-22(13)14-4-1-6-19-21-14/h1,4-6,8,13,18H,2-3,7,10-11H2,(H,20,23). The predicted molar refractivity (Wildman–Crippen MR) is 92.9 cm³/mol. The molecule has 1 aliphatic rings. The highest BCUT2D eigenvalue weighted by Gasteiger charge is 2.25. The minimum absolute atomic E-state index is 0.141. The van der Waals surface area contributed by atoms with Crippen molar-refractivity contribution in [3.8, 4) is 6.07 Å². The van der Waals surface area contributed by atoms with Crippen molar-refractivity contribution in [3.63, 3.8) is 0 Å². The summed E-state index contributed by atoms with van der Waals surface area (Å²) < 4.78 is 0. The lowest BCUT2D eigenvalue weighted by Crippen LogP contribution is -2.41. The number of thiophene rings is 1. The van der Waals surface area contributed by atoms with Gasteiger partial charge in [-0.1, -0.05) is 0 Å². The first kappa shape index (κ1) is 16.4. The van der Waals surface area contributed by atoms with E-state index in [1.54, 1.807) is 17.6 Å². The van der Waals surface area contributed by atoms with Gasteiger partial charge in [-0.15, -0.1) is 16.4 Å². The number of anilines is 2. The lowest BCUT2D eigenvalue weighted by molar-refractivity contribution is -0.115. The fourth-order valence-corrected chi connectivity index (χ4v) is 3.57. The van der Waals surface area contributed by atoms with E-state index in [4.69, 9.17) is 5.26 Å². The summed E-state index contributed by atoms with van der Waals surface area (Å²) in [6.07, 6.45) is 3.84. The second-order valence-electron chi connectivity index (χ2n) is 5.53. The van der Waals surface area contributed by atoms with Gasteiger partial charge in [-0.3, -0.25) is 4.79 Å². The molecule has 0 spiro atoms. The molecule has 8 heteroatoms. The van der Waals surface area contributed by atoms with Crippen LogP contribution in [0.4, 0.5) is 10.8 Å². The fraction of sp³-hybridized carbons (Fsp3) is 0.375. The van der Waals surface area contributed by atoms with Crippen molar-refractivity contribution in [2.45, 2.75) is 18.9 Å². The first-order valence-electron chi connectivity index (χ1n) is 7.80. The van der Waals surface area contributed by atoms with Crippen LogP contribution in [0.25, 0.3) is 0 Å². The van der Waals surface area contributed by atoms with Gasteiger partial charge in [-0.2, -0.15) is 10.4 Å². The van der Waals surface area contributed by atoms with E-state index in [0.29, 0.717) is 23.2 Å². The number of hydrogen-bond acceptors (Lipinski definition) is 7. The van der Waals surface area contributed by atoms with Crippen molar-refractivity contribution in [3.05, 3.63) is 35.3 Å². The Bertz CT molecular complexity index is 726. The summed E-state index contributed by atoms with van der Waals surface area (Å²) in [6, 6.07) is 7.91. The summed E-state index contributed by atoms with van der Waals surface area (Å²) >= 11 is 1.35. The predicted octanol–water partition coefficient (Wildman–Crippen LogP) is 1.61. The number of hydrogen-bond donors (Lipinski definition) is 2. The van der Waals surface area contributed by atoms with Crippen LogP contribution < -0.4 is 15.5 Å². The van der Waals surface area contributed by atoms with Crippen LogP contribution in [-0.2, 0) is 4.79 Å². The van der Waals surface area contributed by atoms with Crippen LogP contribution >= 0.6 is 11.3 Å². The molecular weight excluding hydrogens is 324 g/mol. The Morgan fingerprint density at radius 1 is 1.50 bits per heavy atom. The van der Waals surface area contributed by atoms with Crippen molar-refractivity contribution in [2.24, 2.45) is 0 Å². The number of nitrogens with zero attached hydrogens (tertiary/aromatic N) is 4. The molecule has 7 nitrogen and oxygen atoms in total. The van der Waals surface area contributed by atoms with E-state index >= 15 is 0 Å². The average Bonchev–Trinajstić information content (AvgIpc) is 3.24. The van der Waals surface area contributed by atoms with Crippen LogP contribution in [0, 0.1) is 11.3 Å². The van der Waals surface area contributed by atoms with Crippen LogP contribution in [0.2, 0.25) is 0 Å². The first-order chi connectivity index (χ1) is 11.8. The number of rotatable bonds is 6. The van der Waals surface area contributed by atoms with Gasteiger partial charge in [0.2, 0.25) is 5.91 Å². The van der Waals surface area contributed by atoms with Crippen LogP contribution in [0.15, 0.2) is 29.8 Å². The summed E-state index contributed by atoms with van der Waals surface area (Å²) in [7, 11) is 0. The molecule has 2 N–H and O–H groups in total. The van der Waals surface area contributed by atoms with Gasteiger partial charge >= 0.3 is 0 Å². The molecule has 124 valence electrons. The number of amides is 1. The van der Waals surface area contributed by atoms with E-state index in [1.807, 2.05) is 12.1 Å². The molecule has 1 fully saturated rings. The maximum atomic E-state index is 12.0. The van der Waals surface area contributed by atoms with Gasteiger partial charge in [0, 0.05) is 25.3 Å². The molecule has 0 radical (unpaired) electrons. The normalized spacial score (nSPS) is 16.8. The SMILES string of the molecule is N#Cc1ccsc1NC(=O)CNCC1CCCN1c1cccnn1. The van der Waals surface area contributed by atoms with Gasteiger partial charge in [0.25, 0.3) is 0 Å². The lowest BCUT2D eigenvalue weighted by atomic mass is 10.2. The Kier molecular flexibility index (Phi) is 5.36. The average molecular weight is 342 g/mol. The van der Waals surface area contributed by atoms with Crippen LogP contribution in [0.1, 0.15) is 18.4 Å². The van der Waals surface area contributed by atoms with E-state index in [0.717, 1.165) is 25.2 Å². The molecular formula is C16H18N6OS. The molecule has 0 saturated carbocycles. The van der Waals surface area contributed by atoms with E-state index in [2.05, 4.69) is 31.8 Å². The van der Waals surface area contributed by atoms with Crippen molar-refractivity contribution in [2.75, 3.05) is 29.9 Å². The first-order valence-corrected chi connectivity index (χ1v) is 8.68. The zero-order valence-corrected chi connectivity index (χ0v) is 13.9. The third-order valence-corrected chi connectivity index (χ3v) is 4.76. The van der Waals surface area contributed by atoms with E-state index in [1.165, 1.54) is 11.3 Å². The minimum atomic E-state index is -0.141. The minimum Gasteiger partial charge on any atom is -0.351 e. The molecule has 2 aromatic rings. The molecule has 3 rings (SSSR count). The lowest BCUT2D eigenvalue weighted by Gasteiger charge is -2.25. The topological polar surface area (TPSA) is 93.9 Å². The molecule has 24 heavy (non-hydrogen) atoms. The Hall–Kier alpha value is -2.50. The third-order valence-electron chi connectivity index (χ3n) is 3.93. The largest absolute Gasteiger partial charge is 0.351 e. The molecule has 0 aliphatic carbocycles. The van der Waals surface area contributed by atoms with Crippen molar-refractivity contribution in [1.29, 1.82) is 5.26 Å². The van der Waals surface area contributed by atoms with Crippen LogP contribution in [-0.4, -0.2) is 41.8 Å². The molecule has 1 unspecified atom stereocenters. The molecule has 1 aliphatic heterocycles. The Balaban J connectivity index is 1.47. The van der Waals surface area contributed by atoms with Crippen molar-refractivity contribution < 1.29 is 4.79 Å². The highest BCUT2D eigenvalue weighted by molar-refractivity contribution is 7.14. The van der Waals surface area contributed by atoms with Crippen LogP contribution in [0.3, 0.4) is 0 Å². The highest BCUT2D eigenvalue weighted by atomic mass is 32.1. The zero-order chi connectivity index (χ0) is 16.8. The Labute approximate surface area is 144 Å². The summed E-state index contributed by atoms with van der Waals surface area (Å²) in [4.78, 5) is 14.2. The Morgan fingerprint density at radius 2 is 2.42 bits per heavy atom. The van der Waals surface area contributed by atoms with Crippen molar-refractivity contribution in [1.82, 2.24) is 15.5 Å². The smallest absolute Gasteiger partial charge is 0.238 e. The van der Waals surface area contributed by atoms with E-state index < -0.39 is 0 Å². The molecule has 3 heterocycles. The quantitative estimate of drug-likeness (QED) is 0.828. The maximum Gasteiger partial charge on any atom is 0.238 e. The maximum absolute atomic E-state index is 12.0. The van der Waals surface area contributed by atoms with Gasteiger partial charge < -0.3 is 15.5 Å². The van der Waals surface area contributed by atoms with Gasteiger partial charge in [-0.05, 0) is 36.4 Å². The molecule has 2 aromatic heterocycles. The summed E-state index contributed by atoms with van der Waals surface area (Å²) in [5, 5.41) is 25.4. The number of nitriles is 1. The summed E-state index contributed by atoms with van der Waals surface area (Å²) in [5.41, 5.74) is 0.498. The second kappa shape index (κ2) is 7.86. The molecule has 1 amide bonds. The Morgan fingerprint density at radius 3 is 3.21 bits per heavy atom. The number of carbonyl (C=O) groups excluding carboxylic acids is 1. The highest BCUT2D eigenvalue weighted by Crippen LogP contribution is 2.23. The number of carbonyl (C=O) groups is 1. The van der Waals surface area contributed by atoms with E-state index in [9.17, 15) is 4.79 Å². The number of aromatic nitrogens is 2. The van der Waals surface area contributed by atoms with Gasteiger partial charge in [0.1, 0.15) is 11.1 Å². The van der Waals surface area contributed by atoms with Gasteiger partial charge in [-0.25, -0.2) is 0 Å². The summed E-state index contributed by atoms with van der Waals surface area (Å²) in [5.74, 6) is 0.737.